The Morgan fingerprint density at radius 3 is 2.27 bits per heavy atom. The highest BCUT2D eigenvalue weighted by Crippen LogP contribution is 2.20. The molecule has 0 aliphatic heterocycles. The van der Waals surface area contributed by atoms with Crippen LogP contribution >= 0.6 is 0 Å². The Morgan fingerprint density at radius 1 is 1.27 bits per heavy atom. The molecule has 1 unspecified atom stereocenters. The number of carboxylic acids is 1. The van der Waals surface area contributed by atoms with Gasteiger partial charge in [0.05, 0.1) is 0 Å². The van der Waals surface area contributed by atoms with Crippen molar-refractivity contribution in [1.29, 1.82) is 0 Å². The maximum atomic E-state index is 10.7. The summed E-state index contributed by atoms with van der Waals surface area (Å²) in [7, 11) is 0. The van der Waals surface area contributed by atoms with Crippen molar-refractivity contribution in [1.82, 2.24) is 5.32 Å². The van der Waals surface area contributed by atoms with Gasteiger partial charge in [0, 0.05) is 19.9 Å². The molecule has 4 nitrogen and oxygen atoms in total. The first kappa shape index (κ1) is 13.9. The van der Waals surface area contributed by atoms with Crippen molar-refractivity contribution in [3.63, 3.8) is 0 Å². The molecule has 0 aromatic rings. The number of hydrogen-bond donors (Lipinski definition) is 2. The Labute approximate surface area is 91.1 Å². The normalized spacial score (nSPS) is 12.5. The van der Waals surface area contributed by atoms with Crippen LogP contribution < -0.4 is 5.32 Å². The zero-order valence-electron chi connectivity index (χ0n) is 9.75. The molecule has 0 aromatic carbocycles. The molecule has 0 rings (SSSR count). The molecule has 15 heavy (non-hydrogen) atoms. The lowest BCUT2D eigenvalue weighted by Crippen LogP contribution is -2.24. The molecule has 0 bridgehead atoms. The fourth-order valence-corrected chi connectivity index (χ4v) is 1.55. The molecular weight excluding hydrogens is 194 g/mol. The van der Waals surface area contributed by atoms with Gasteiger partial charge in [-0.05, 0) is 24.7 Å². The smallest absolute Gasteiger partial charge is 0.303 e. The number of rotatable bonds is 7. The van der Waals surface area contributed by atoms with E-state index < -0.39 is 5.97 Å². The van der Waals surface area contributed by atoms with E-state index >= 15 is 0 Å². The Kier molecular flexibility index (Phi) is 6.75. The fraction of sp³-hybridized carbons (Fsp3) is 0.818. The second-order valence-corrected chi connectivity index (χ2v) is 4.21. The summed E-state index contributed by atoms with van der Waals surface area (Å²) in [5.74, 6) is 0.0435. The van der Waals surface area contributed by atoms with Crippen LogP contribution in [0.15, 0.2) is 0 Å². The highest BCUT2D eigenvalue weighted by Gasteiger charge is 2.14. The number of nitrogens with one attached hydrogen (secondary N) is 1. The van der Waals surface area contributed by atoms with E-state index in [0.717, 1.165) is 6.42 Å². The van der Waals surface area contributed by atoms with Crippen LogP contribution in [-0.2, 0) is 9.59 Å². The fourth-order valence-electron chi connectivity index (χ4n) is 1.55. The van der Waals surface area contributed by atoms with Crippen molar-refractivity contribution in [3.05, 3.63) is 0 Å². The second-order valence-electron chi connectivity index (χ2n) is 4.21. The summed E-state index contributed by atoms with van der Waals surface area (Å²) in [4.78, 5) is 21.1. The molecule has 0 spiro atoms. The first-order chi connectivity index (χ1) is 6.93. The summed E-state index contributed by atoms with van der Waals surface area (Å²) in [6.07, 6.45) is 1.75. The summed E-state index contributed by atoms with van der Waals surface area (Å²) in [6, 6.07) is 0. The minimum absolute atomic E-state index is 0.0317. The summed E-state index contributed by atoms with van der Waals surface area (Å²) >= 11 is 0. The molecule has 0 saturated carbocycles. The van der Waals surface area contributed by atoms with E-state index in [1.807, 2.05) is 0 Å². The molecule has 0 fully saturated rings. The number of amides is 1. The molecule has 1 amide bonds. The van der Waals surface area contributed by atoms with Crippen LogP contribution in [0.5, 0.6) is 0 Å². The maximum Gasteiger partial charge on any atom is 0.303 e. The molecule has 1 atom stereocenters. The standard InChI is InChI=1S/C11H21NO3/c1-8(2)10(4-5-11(14)15)6-7-12-9(3)13/h8,10H,4-7H2,1-3H3,(H,12,13)(H,14,15). The van der Waals surface area contributed by atoms with Crippen molar-refractivity contribution in [3.8, 4) is 0 Å². The molecule has 0 radical (unpaired) electrons. The van der Waals surface area contributed by atoms with Gasteiger partial charge in [-0.3, -0.25) is 9.59 Å². The zero-order valence-corrected chi connectivity index (χ0v) is 9.75. The van der Waals surface area contributed by atoms with Crippen molar-refractivity contribution in [2.75, 3.05) is 6.54 Å². The third-order valence-corrected chi connectivity index (χ3v) is 2.56. The topological polar surface area (TPSA) is 66.4 Å². The number of carbonyl (C=O) groups excluding carboxylic acids is 1. The van der Waals surface area contributed by atoms with Gasteiger partial charge < -0.3 is 10.4 Å². The second kappa shape index (κ2) is 7.26. The van der Waals surface area contributed by atoms with E-state index in [4.69, 9.17) is 5.11 Å². The van der Waals surface area contributed by atoms with Gasteiger partial charge in [-0.2, -0.15) is 0 Å². The van der Waals surface area contributed by atoms with Gasteiger partial charge in [-0.25, -0.2) is 0 Å². The quantitative estimate of drug-likeness (QED) is 0.678. The third-order valence-electron chi connectivity index (χ3n) is 2.56. The lowest BCUT2D eigenvalue weighted by atomic mass is 9.88. The lowest BCUT2D eigenvalue weighted by Gasteiger charge is -2.19. The van der Waals surface area contributed by atoms with Gasteiger partial charge in [0.25, 0.3) is 0 Å². The average Bonchev–Trinajstić information content (AvgIpc) is 2.09. The van der Waals surface area contributed by atoms with E-state index in [1.54, 1.807) is 0 Å². The van der Waals surface area contributed by atoms with E-state index in [-0.39, 0.29) is 12.3 Å². The number of hydrogen-bond acceptors (Lipinski definition) is 2. The first-order valence-corrected chi connectivity index (χ1v) is 5.39. The predicted octanol–water partition coefficient (Wildman–Crippen LogP) is 1.65. The highest BCUT2D eigenvalue weighted by atomic mass is 16.4. The van der Waals surface area contributed by atoms with Gasteiger partial charge in [-0.1, -0.05) is 13.8 Å². The average molecular weight is 215 g/mol. The van der Waals surface area contributed by atoms with Crippen LogP contribution in [-0.4, -0.2) is 23.5 Å². The zero-order chi connectivity index (χ0) is 11.8. The number of aliphatic carboxylic acids is 1. The van der Waals surface area contributed by atoms with E-state index in [1.165, 1.54) is 6.92 Å². The summed E-state index contributed by atoms with van der Waals surface area (Å²) < 4.78 is 0. The molecule has 2 N–H and O–H groups in total. The van der Waals surface area contributed by atoms with Gasteiger partial charge in [0.1, 0.15) is 0 Å². The van der Waals surface area contributed by atoms with Gasteiger partial charge in [0.15, 0.2) is 0 Å². The van der Waals surface area contributed by atoms with Crippen LogP contribution in [0.3, 0.4) is 0 Å². The third kappa shape index (κ3) is 7.97. The van der Waals surface area contributed by atoms with Crippen molar-refractivity contribution in [2.24, 2.45) is 11.8 Å². The molecule has 88 valence electrons. The van der Waals surface area contributed by atoms with Gasteiger partial charge >= 0.3 is 5.97 Å². The SMILES string of the molecule is CC(=O)NCCC(CCC(=O)O)C(C)C. The maximum absolute atomic E-state index is 10.7. The van der Waals surface area contributed by atoms with Crippen molar-refractivity contribution >= 4 is 11.9 Å². The van der Waals surface area contributed by atoms with Crippen LogP contribution in [0.4, 0.5) is 0 Å². The molecule has 0 aliphatic rings. The van der Waals surface area contributed by atoms with Crippen LogP contribution in [0, 0.1) is 11.8 Å². The highest BCUT2D eigenvalue weighted by molar-refractivity contribution is 5.72. The Hall–Kier alpha value is -1.06. The van der Waals surface area contributed by atoms with Gasteiger partial charge in [0.2, 0.25) is 5.91 Å². The molecule has 0 aliphatic carbocycles. The monoisotopic (exact) mass is 215 g/mol. The Morgan fingerprint density at radius 2 is 1.87 bits per heavy atom. The summed E-state index contributed by atoms with van der Waals surface area (Å²) in [5.41, 5.74) is 0. The van der Waals surface area contributed by atoms with Crippen LogP contribution in [0.2, 0.25) is 0 Å². The predicted molar refractivity (Wildman–Crippen MR) is 58.5 cm³/mol. The molecule has 0 saturated heterocycles. The molecule has 0 heterocycles. The Bertz CT molecular complexity index is 214. The molecule has 4 heteroatoms. The van der Waals surface area contributed by atoms with Crippen LogP contribution in [0.1, 0.15) is 40.0 Å². The van der Waals surface area contributed by atoms with Gasteiger partial charge in [-0.15, -0.1) is 0 Å². The molecular formula is C11H21NO3. The molecule has 0 aromatic heterocycles. The number of carbonyl (C=O) groups is 2. The van der Waals surface area contributed by atoms with Crippen molar-refractivity contribution in [2.45, 2.75) is 40.0 Å². The van der Waals surface area contributed by atoms with Crippen LogP contribution in [0.25, 0.3) is 0 Å². The summed E-state index contributed by atoms with van der Waals surface area (Å²) in [5, 5.41) is 11.3. The largest absolute Gasteiger partial charge is 0.481 e. The van der Waals surface area contributed by atoms with Crippen molar-refractivity contribution < 1.29 is 14.7 Å². The Balaban J connectivity index is 3.83. The minimum Gasteiger partial charge on any atom is -0.481 e. The lowest BCUT2D eigenvalue weighted by molar-refractivity contribution is -0.137. The first-order valence-electron chi connectivity index (χ1n) is 5.39. The summed E-state index contributed by atoms with van der Waals surface area (Å²) in [6.45, 7) is 6.29. The minimum atomic E-state index is -0.750. The van der Waals surface area contributed by atoms with E-state index in [2.05, 4.69) is 19.2 Å². The number of carboxylic acid groups (broad SMARTS) is 1. The van der Waals surface area contributed by atoms with E-state index in [0.29, 0.717) is 24.8 Å². The van der Waals surface area contributed by atoms with E-state index in [9.17, 15) is 9.59 Å².